The maximum absolute atomic E-state index is 12.4. The van der Waals surface area contributed by atoms with E-state index in [-0.39, 0.29) is 11.8 Å². The molecule has 0 spiro atoms. The molecule has 0 saturated heterocycles. The molecule has 1 aromatic carbocycles. The van der Waals surface area contributed by atoms with E-state index >= 15 is 0 Å². The van der Waals surface area contributed by atoms with E-state index in [4.69, 9.17) is 4.42 Å². The molecule has 0 radical (unpaired) electrons. The van der Waals surface area contributed by atoms with Crippen LogP contribution in [0.4, 0.5) is 5.13 Å². The molecule has 2 aromatic heterocycles. The van der Waals surface area contributed by atoms with Crippen molar-refractivity contribution in [1.82, 2.24) is 9.97 Å². The highest BCUT2D eigenvalue weighted by atomic mass is 32.2. The van der Waals surface area contributed by atoms with Crippen LogP contribution in [0.3, 0.4) is 0 Å². The number of nitrogens with zero attached hydrogens (tertiary/aromatic N) is 2. The van der Waals surface area contributed by atoms with Gasteiger partial charge in [0.1, 0.15) is 5.76 Å². The third-order valence-corrected chi connectivity index (χ3v) is 5.98. The van der Waals surface area contributed by atoms with Crippen LogP contribution >= 0.6 is 23.1 Å². The van der Waals surface area contributed by atoms with Gasteiger partial charge in [-0.25, -0.2) is 9.97 Å². The van der Waals surface area contributed by atoms with Gasteiger partial charge in [0.05, 0.1) is 28.3 Å². The molecule has 0 aliphatic carbocycles. The average molecular weight is 388 g/mol. The Labute approximate surface area is 161 Å². The van der Waals surface area contributed by atoms with Crippen LogP contribution in [0.15, 0.2) is 51.4 Å². The first-order chi connectivity index (χ1) is 12.5. The highest BCUT2D eigenvalue weighted by molar-refractivity contribution is 8.00. The van der Waals surface area contributed by atoms with Crippen LogP contribution in [-0.4, -0.2) is 15.9 Å². The lowest BCUT2D eigenvalue weighted by Gasteiger charge is -2.10. The molecular formula is C19H21N3O2S2. The van der Waals surface area contributed by atoms with E-state index in [2.05, 4.69) is 29.1 Å². The summed E-state index contributed by atoms with van der Waals surface area (Å²) in [7, 11) is 0. The van der Waals surface area contributed by atoms with Gasteiger partial charge in [-0.2, -0.15) is 0 Å². The quantitative estimate of drug-likeness (QED) is 0.558. The number of anilines is 1. The summed E-state index contributed by atoms with van der Waals surface area (Å²) in [5.41, 5.74) is 0.987. The number of carbonyl (C=O) groups is 1. The fourth-order valence-corrected chi connectivity index (χ4v) is 4.01. The van der Waals surface area contributed by atoms with Gasteiger partial charge in [-0.05, 0) is 12.5 Å². The molecule has 0 saturated carbocycles. The van der Waals surface area contributed by atoms with E-state index in [0.717, 1.165) is 15.5 Å². The largest absolute Gasteiger partial charge is 0.445 e. The highest BCUT2D eigenvalue weighted by Crippen LogP contribution is 2.31. The SMILES string of the molecule is CC(C)c1cnc(CSc2cnc(NC(=O)[C@H](C)c3ccccc3)s2)o1. The molecule has 0 fully saturated rings. The lowest BCUT2D eigenvalue weighted by atomic mass is 10.0. The van der Waals surface area contributed by atoms with Gasteiger partial charge in [0.25, 0.3) is 0 Å². The van der Waals surface area contributed by atoms with Gasteiger partial charge in [0.2, 0.25) is 11.8 Å². The third-order valence-electron chi connectivity index (χ3n) is 3.89. The Bertz CT molecular complexity index is 859. The summed E-state index contributed by atoms with van der Waals surface area (Å²) in [6, 6.07) is 9.72. The smallest absolute Gasteiger partial charge is 0.233 e. The van der Waals surface area contributed by atoms with E-state index in [0.29, 0.717) is 22.7 Å². The van der Waals surface area contributed by atoms with Crippen molar-refractivity contribution in [2.45, 2.75) is 42.6 Å². The predicted molar refractivity (Wildman–Crippen MR) is 106 cm³/mol. The van der Waals surface area contributed by atoms with Gasteiger partial charge in [-0.3, -0.25) is 4.79 Å². The zero-order valence-electron chi connectivity index (χ0n) is 14.9. The minimum absolute atomic E-state index is 0.0589. The van der Waals surface area contributed by atoms with E-state index in [1.807, 2.05) is 37.3 Å². The molecule has 26 heavy (non-hydrogen) atoms. The Hall–Kier alpha value is -2.12. The number of hydrogen-bond donors (Lipinski definition) is 1. The normalized spacial score (nSPS) is 12.3. The summed E-state index contributed by atoms with van der Waals surface area (Å²) in [5, 5.41) is 3.50. The second-order valence-electron chi connectivity index (χ2n) is 6.21. The van der Waals surface area contributed by atoms with Gasteiger partial charge in [0, 0.05) is 5.92 Å². The second-order valence-corrected chi connectivity index (χ2v) is 8.51. The molecule has 1 N–H and O–H groups in total. The zero-order chi connectivity index (χ0) is 18.5. The minimum Gasteiger partial charge on any atom is -0.445 e. The van der Waals surface area contributed by atoms with Crippen molar-refractivity contribution in [2.24, 2.45) is 0 Å². The lowest BCUT2D eigenvalue weighted by molar-refractivity contribution is -0.117. The van der Waals surface area contributed by atoms with Crippen molar-refractivity contribution in [3.63, 3.8) is 0 Å². The van der Waals surface area contributed by atoms with Crippen molar-refractivity contribution in [2.75, 3.05) is 5.32 Å². The van der Waals surface area contributed by atoms with Crippen molar-refractivity contribution in [3.8, 4) is 0 Å². The summed E-state index contributed by atoms with van der Waals surface area (Å²) >= 11 is 3.06. The number of benzene rings is 1. The van der Waals surface area contributed by atoms with Gasteiger partial charge in [0.15, 0.2) is 5.13 Å². The van der Waals surface area contributed by atoms with E-state index in [9.17, 15) is 4.79 Å². The number of rotatable bonds is 7. The van der Waals surface area contributed by atoms with Crippen LogP contribution in [-0.2, 0) is 10.5 Å². The number of amides is 1. The molecule has 0 aliphatic rings. The van der Waals surface area contributed by atoms with Gasteiger partial charge in [-0.1, -0.05) is 55.5 Å². The van der Waals surface area contributed by atoms with E-state index < -0.39 is 0 Å². The van der Waals surface area contributed by atoms with Crippen molar-refractivity contribution in [3.05, 3.63) is 59.9 Å². The number of oxazole rings is 1. The van der Waals surface area contributed by atoms with Crippen LogP contribution in [0.2, 0.25) is 0 Å². The Morgan fingerprint density at radius 2 is 1.96 bits per heavy atom. The van der Waals surface area contributed by atoms with Crippen molar-refractivity contribution in [1.29, 1.82) is 0 Å². The third kappa shape index (κ3) is 4.74. The fourth-order valence-electron chi connectivity index (χ4n) is 2.28. The molecule has 7 heteroatoms. The Kier molecular flexibility index (Phi) is 6.11. The second kappa shape index (κ2) is 8.51. The highest BCUT2D eigenvalue weighted by Gasteiger charge is 2.16. The topological polar surface area (TPSA) is 68.0 Å². The van der Waals surface area contributed by atoms with E-state index in [1.165, 1.54) is 11.3 Å². The average Bonchev–Trinajstić information content (AvgIpc) is 3.29. The van der Waals surface area contributed by atoms with E-state index in [1.54, 1.807) is 24.2 Å². The monoisotopic (exact) mass is 387 g/mol. The Morgan fingerprint density at radius 3 is 2.65 bits per heavy atom. The molecule has 2 heterocycles. The maximum atomic E-state index is 12.4. The van der Waals surface area contributed by atoms with Crippen LogP contribution < -0.4 is 5.32 Å². The van der Waals surface area contributed by atoms with Crippen molar-refractivity contribution < 1.29 is 9.21 Å². The van der Waals surface area contributed by atoms with Crippen LogP contribution in [0.1, 0.15) is 49.8 Å². The van der Waals surface area contributed by atoms with Gasteiger partial charge >= 0.3 is 0 Å². The van der Waals surface area contributed by atoms with Crippen LogP contribution in [0.5, 0.6) is 0 Å². The molecule has 0 bridgehead atoms. The first kappa shape index (κ1) is 18.7. The zero-order valence-corrected chi connectivity index (χ0v) is 16.6. The van der Waals surface area contributed by atoms with Gasteiger partial charge < -0.3 is 9.73 Å². The lowest BCUT2D eigenvalue weighted by Crippen LogP contribution is -2.18. The number of nitrogens with one attached hydrogen (secondary N) is 1. The molecule has 3 aromatic rings. The molecule has 1 atom stereocenters. The maximum Gasteiger partial charge on any atom is 0.233 e. The molecule has 5 nitrogen and oxygen atoms in total. The van der Waals surface area contributed by atoms with Crippen molar-refractivity contribution >= 4 is 34.1 Å². The molecule has 0 unspecified atom stereocenters. The standard InChI is InChI=1S/C19H21N3O2S2/c1-12(2)15-9-20-16(24-15)11-25-17-10-21-19(26-17)22-18(23)13(3)14-7-5-4-6-8-14/h4-10,12-13H,11H2,1-3H3,(H,21,22,23)/t13-/m1/s1. The first-order valence-electron chi connectivity index (χ1n) is 8.42. The molecule has 1 amide bonds. The number of thiazole rings is 1. The molecular weight excluding hydrogens is 366 g/mol. The van der Waals surface area contributed by atoms with Crippen LogP contribution in [0.25, 0.3) is 0 Å². The Balaban J connectivity index is 1.55. The van der Waals surface area contributed by atoms with Crippen LogP contribution in [0, 0.1) is 0 Å². The predicted octanol–water partition coefficient (Wildman–Crippen LogP) is 5.29. The van der Waals surface area contributed by atoms with Gasteiger partial charge in [-0.15, -0.1) is 11.8 Å². The molecule has 3 rings (SSSR count). The molecule has 136 valence electrons. The fraction of sp³-hybridized carbons (Fsp3) is 0.316. The number of hydrogen-bond acceptors (Lipinski definition) is 6. The Morgan fingerprint density at radius 1 is 1.19 bits per heavy atom. The number of thioether (sulfide) groups is 1. The summed E-state index contributed by atoms with van der Waals surface area (Å²) in [4.78, 5) is 21.0. The molecule has 0 aliphatic heterocycles. The summed E-state index contributed by atoms with van der Waals surface area (Å²) < 4.78 is 6.71. The minimum atomic E-state index is -0.224. The summed E-state index contributed by atoms with van der Waals surface area (Å²) in [6.07, 6.45) is 3.55. The summed E-state index contributed by atoms with van der Waals surface area (Å²) in [5.74, 6) is 2.29. The number of aromatic nitrogens is 2. The summed E-state index contributed by atoms with van der Waals surface area (Å²) in [6.45, 7) is 6.04. The first-order valence-corrected chi connectivity index (χ1v) is 10.2. The number of carbonyl (C=O) groups excluding carboxylic acids is 1.